The average Bonchev–Trinajstić information content (AvgIpc) is 3.23. The topological polar surface area (TPSA) is 48.5 Å². The Kier molecular flexibility index (Phi) is 7.35. The molecule has 140 valence electrons. The molecule has 0 saturated carbocycles. The Morgan fingerprint density at radius 1 is 1.04 bits per heavy atom. The molecular formula is C18H28Cl2N4O. The number of nitrogens with one attached hydrogen (secondary N) is 1. The number of likely N-dealkylation sites (tertiary alicyclic amines) is 1. The number of nitrogens with zero attached hydrogens (tertiary/aromatic N) is 3. The fraction of sp³-hybridized carbons (Fsp3) is 0.667. The van der Waals surface area contributed by atoms with E-state index in [9.17, 15) is 4.79 Å². The molecule has 25 heavy (non-hydrogen) atoms. The fourth-order valence-electron chi connectivity index (χ4n) is 4.34. The maximum absolute atomic E-state index is 13.1. The summed E-state index contributed by atoms with van der Waals surface area (Å²) in [7, 11) is 0. The van der Waals surface area contributed by atoms with Crippen LogP contribution in [0.1, 0.15) is 36.0 Å². The summed E-state index contributed by atoms with van der Waals surface area (Å²) in [6, 6.07) is 3.85. The third kappa shape index (κ3) is 4.21. The number of rotatable bonds is 2. The second-order valence-corrected chi connectivity index (χ2v) is 7.12. The lowest BCUT2D eigenvalue weighted by molar-refractivity contribution is 0.0759. The Bertz CT molecular complexity index is 566. The van der Waals surface area contributed by atoms with Gasteiger partial charge in [0.2, 0.25) is 0 Å². The molecule has 2 atom stereocenters. The average molecular weight is 387 g/mol. The van der Waals surface area contributed by atoms with Gasteiger partial charge in [-0.3, -0.25) is 4.79 Å². The van der Waals surface area contributed by atoms with Crippen LogP contribution in [0.3, 0.4) is 0 Å². The number of carbonyl (C=O) groups is 1. The molecule has 1 N–H and O–H groups in total. The van der Waals surface area contributed by atoms with Crippen LogP contribution < -0.4 is 10.2 Å². The number of halogens is 2. The van der Waals surface area contributed by atoms with Crippen LogP contribution in [0.15, 0.2) is 18.3 Å². The maximum atomic E-state index is 13.1. The standard InChI is InChI=1S/C18H26N4O.2ClH/c23-18(22-10-5-14-12-19-13-15(14)6-11-22)16-4-3-7-20-17(16)21-8-1-2-9-21;;/h3-4,7,14-15,19H,1-2,5-6,8-13H2;2*1H/t14-,15+;;. The quantitative estimate of drug-likeness (QED) is 0.848. The molecule has 3 aliphatic rings. The van der Waals surface area contributed by atoms with Crippen molar-refractivity contribution in [2.45, 2.75) is 25.7 Å². The van der Waals surface area contributed by atoms with Gasteiger partial charge in [-0.1, -0.05) is 0 Å². The molecule has 1 aromatic heterocycles. The molecule has 4 heterocycles. The van der Waals surface area contributed by atoms with Gasteiger partial charge in [-0.2, -0.15) is 0 Å². The summed E-state index contributed by atoms with van der Waals surface area (Å²) >= 11 is 0. The monoisotopic (exact) mass is 386 g/mol. The van der Waals surface area contributed by atoms with Crippen LogP contribution in [0.25, 0.3) is 0 Å². The van der Waals surface area contributed by atoms with Crippen molar-refractivity contribution in [3.63, 3.8) is 0 Å². The molecule has 0 unspecified atom stereocenters. The molecule has 1 aromatic rings. The Labute approximate surface area is 162 Å². The minimum Gasteiger partial charge on any atom is -0.356 e. The van der Waals surface area contributed by atoms with Crippen molar-refractivity contribution >= 4 is 36.5 Å². The van der Waals surface area contributed by atoms with Gasteiger partial charge in [0.1, 0.15) is 5.82 Å². The van der Waals surface area contributed by atoms with Crippen molar-refractivity contribution < 1.29 is 4.79 Å². The second-order valence-electron chi connectivity index (χ2n) is 7.12. The first kappa shape index (κ1) is 20.3. The van der Waals surface area contributed by atoms with Gasteiger partial charge in [-0.25, -0.2) is 4.98 Å². The van der Waals surface area contributed by atoms with E-state index in [1.54, 1.807) is 0 Å². The number of hydrogen-bond donors (Lipinski definition) is 1. The second kappa shape index (κ2) is 9.06. The van der Waals surface area contributed by atoms with Crippen LogP contribution >= 0.6 is 24.8 Å². The smallest absolute Gasteiger partial charge is 0.257 e. The van der Waals surface area contributed by atoms with Crippen molar-refractivity contribution in [3.05, 3.63) is 23.9 Å². The lowest BCUT2D eigenvalue weighted by Crippen LogP contribution is -2.34. The van der Waals surface area contributed by atoms with Crippen molar-refractivity contribution in [1.82, 2.24) is 15.2 Å². The van der Waals surface area contributed by atoms with E-state index in [4.69, 9.17) is 0 Å². The Balaban J connectivity index is 0.00000113. The maximum Gasteiger partial charge on any atom is 0.257 e. The number of pyridine rings is 1. The number of aromatic nitrogens is 1. The van der Waals surface area contributed by atoms with E-state index >= 15 is 0 Å². The number of fused-ring (bicyclic) bond motifs is 1. The zero-order chi connectivity index (χ0) is 15.6. The van der Waals surface area contributed by atoms with E-state index in [0.717, 1.165) is 75.3 Å². The molecule has 0 radical (unpaired) electrons. The van der Waals surface area contributed by atoms with Crippen molar-refractivity contribution in [1.29, 1.82) is 0 Å². The van der Waals surface area contributed by atoms with Crippen LogP contribution in [0.4, 0.5) is 5.82 Å². The van der Waals surface area contributed by atoms with Crippen molar-refractivity contribution in [2.24, 2.45) is 11.8 Å². The SMILES string of the molecule is Cl.Cl.O=C(c1cccnc1N1CCCC1)N1CC[C@@H]2CNC[C@@H]2CC1. The van der Waals surface area contributed by atoms with E-state index in [0.29, 0.717) is 0 Å². The van der Waals surface area contributed by atoms with Gasteiger partial charge < -0.3 is 15.1 Å². The van der Waals surface area contributed by atoms with Gasteiger partial charge in [0, 0.05) is 32.4 Å². The third-order valence-electron chi connectivity index (χ3n) is 5.73. The molecule has 0 bridgehead atoms. The lowest BCUT2D eigenvalue weighted by Gasteiger charge is -2.25. The zero-order valence-electron chi connectivity index (χ0n) is 14.5. The number of amides is 1. The molecule has 3 saturated heterocycles. The highest BCUT2D eigenvalue weighted by Gasteiger charge is 2.32. The normalized spacial score (nSPS) is 25.6. The van der Waals surface area contributed by atoms with E-state index < -0.39 is 0 Å². The summed E-state index contributed by atoms with van der Waals surface area (Å²) in [5, 5.41) is 3.49. The number of anilines is 1. The predicted molar refractivity (Wildman–Crippen MR) is 105 cm³/mol. The third-order valence-corrected chi connectivity index (χ3v) is 5.73. The fourth-order valence-corrected chi connectivity index (χ4v) is 4.34. The zero-order valence-corrected chi connectivity index (χ0v) is 16.2. The first-order chi connectivity index (χ1) is 11.3. The lowest BCUT2D eigenvalue weighted by atomic mass is 9.92. The van der Waals surface area contributed by atoms with E-state index in [2.05, 4.69) is 20.1 Å². The Morgan fingerprint density at radius 2 is 1.68 bits per heavy atom. The van der Waals surface area contributed by atoms with Gasteiger partial charge in [0.05, 0.1) is 5.56 Å². The molecule has 7 heteroatoms. The van der Waals surface area contributed by atoms with Gasteiger partial charge >= 0.3 is 0 Å². The summed E-state index contributed by atoms with van der Waals surface area (Å²) < 4.78 is 0. The molecular weight excluding hydrogens is 359 g/mol. The highest BCUT2D eigenvalue weighted by atomic mass is 35.5. The van der Waals surface area contributed by atoms with Gasteiger partial charge in [0.15, 0.2) is 0 Å². The van der Waals surface area contributed by atoms with E-state index in [1.807, 2.05) is 18.3 Å². The molecule has 0 spiro atoms. The van der Waals surface area contributed by atoms with Crippen molar-refractivity contribution in [2.75, 3.05) is 44.2 Å². The molecule has 3 fully saturated rings. The van der Waals surface area contributed by atoms with E-state index in [-0.39, 0.29) is 30.7 Å². The number of carbonyl (C=O) groups excluding carboxylic acids is 1. The molecule has 3 aliphatic heterocycles. The minimum atomic E-state index is 0. The minimum absolute atomic E-state index is 0. The van der Waals surface area contributed by atoms with Crippen molar-refractivity contribution in [3.8, 4) is 0 Å². The summed E-state index contributed by atoms with van der Waals surface area (Å²) in [4.78, 5) is 22.0. The summed E-state index contributed by atoms with van der Waals surface area (Å²) in [5.74, 6) is 2.56. The largest absolute Gasteiger partial charge is 0.356 e. The Hall–Kier alpha value is -1.04. The van der Waals surface area contributed by atoms with E-state index in [1.165, 1.54) is 12.8 Å². The van der Waals surface area contributed by atoms with Crippen LogP contribution in [0.2, 0.25) is 0 Å². The highest BCUT2D eigenvalue weighted by molar-refractivity contribution is 5.99. The molecule has 0 aromatic carbocycles. The van der Waals surface area contributed by atoms with Gasteiger partial charge in [-0.15, -0.1) is 24.8 Å². The van der Waals surface area contributed by atoms with Crippen LogP contribution in [0.5, 0.6) is 0 Å². The summed E-state index contributed by atoms with van der Waals surface area (Å²) in [6.45, 7) is 6.06. The van der Waals surface area contributed by atoms with Crippen LogP contribution in [0, 0.1) is 11.8 Å². The Morgan fingerprint density at radius 3 is 2.32 bits per heavy atom. The molecule has 5 nitrogen and oxygen atoms in total. The molecule has 1 amide bonds. The summed E-state index contributed by atoms with van der Waals surface area (Å²) in [6.07, 6.45) is 6.46. The molecule has 4 rings (SSSR count). The van der Waals surface area contributed by atoms with Gasteiger partial charge in [-0.05, 0) is 62.7 Å². The molecule has 0 aliphatic carbocycles. The van der Waals surface area contributed by atoms with Crippen LogP contribution in [-0.4, -0.2) is 55.1 Å². The first-order valence-corrected chi connectivity index (χ1v) is 9.03. The first-order valence-electron chi connectivity index (χ1n) is 9.03. The van der Waals surface area contributed by atoms with Gasteiger partial charge in [0.25, 0.3) is 5.91 Å². The number of hydrogen-bond acceptors (Lipinski definition) is 4. The summed E-state index contributed by atoms with van der Waals surface area (Å²) in [5.41, 5.74) is 0.791. The van der Waals surface area contributed by atoms with Crippen LogP contribution in [-0.2, 0) is 0 Å². The highest BCUT2D eigenvalue weighted by Crippen LogP contribution is 2.29. The predicted octanol–water partition coefficient (Wildman–Crippen LogP) is 2.60.